The van der Waals surface area contributed by atoms with Crippen molar-refractivity contribution in [2.24, 2.45) is 5.73 Å². The molecule has 0 saturated carbocycles. The van der Waals surface area contributed by atoms with Gasteiger partial charge in [-0.3, -0.25) is 0 Å². The van der Waals surface area contributed by atoms with E-state index in [4.69, 9.17) is 26.8 Å². The number of halogens is 3. The van der Waals surface area contributed by atoms with Crippen molar-refractivity contribution in [1.29, 1.82) is 0 Å². The highest BCUT2D eigenvalue weighted by Crippen LogP contribution is 2.34. The van der Waals surface area contributed by atoms with Crippen LogP contribution in [-0.2, 0) is 13.2 Å². The SMILES string of the molecule is CCOc1cc(CN)c(Br)cc1OCc1ccccc1Cl.Cl. The fraction of sp³-hybridized carbons (Fsp3) is 0.250. The second-order valence-corrected chi connectivity index (χ2v) is 5.67. The molecule has 22 heavy (non-hydrogen) atoms. The highest BCUT2D eigenvalue weighted by molar-refractivity contribution is 9.10. The molecule has 2 rings (SSSR count). The van der Waals surface area contributed by atoms with E-state index in [1.54, 1.807) is 0 Å². The summed E-state index contributed by atoms with van der Waals surface area (Å²) in [6.07, 6.45) is 0. The molecule has 0 bridgehead atoms. The summed E-state index contributed by atoms with van der Waals surface area (Å²) < 4.78 is 12.4. The molecule has 0 unspecified atom stereocenters. The third kappa shape index (κ3) is 4.78. The average Bonchev–Trinajstić information content (AvgIpc) is 2.48. The summed E-state index contributed by atoms with van der Waals surface area (Å²) in [6.45, 7) is 3.32. The van der Waals surface area contributed by atoms with E-state index in [1.807, 2.05) is 43.3 Å². The molecule has 2 aromatic carbocycles. The Morgan fingerprint density at radius 3 is 2.41 bits per heavy atom. The maximum Gasteiger partial charge on any atom is 0.162 e. The molecule has 0 heterocycles. The topological polar surface area (TPSA) is 44.5 Å². The van der Waals surface area contributed by atoms with Gasteiger partial charge in [-0.2, -0.15) is 0 Å². The summed E-state index contributed by atoms with van der Waals surface area (Å²) in [7, 11) is 0. The van der Waals surface area contributed by atoms with E-state index in [9.17, 15) is 0 Å². The lowest BCUT2D eigenvalue weighted by atomic mass is 10.2. The third-order valence-corrected chi connectivity index (χ3v) is 4.08. The summed E-state index contributed by atoms with van der Waals surface area (Å²) in [5.74, 6) is 1.36. The zero-order valence-corrected chi connectivity index (χ0v) is 15.3. The zero-order valence-electron chi connectivity index (χ0n) is 12.1. The highest BCUT2D eigenvalue weighted by Gasteiger charge is 2.11. The van der Waals surface area contributed by atoms with Gasteiger partial charge in [0, 0.05) is 21.6 Å². The molecule has 0 aliphatic heterocycles. The van der Waals surface area contributed by atoms with Crippen LogP contribution in [0, 0.1) is 0 Å². The summed E-state index contributed by atoms with van der Waals surface area (Å²) in [5.41, 5.74) is 7.61. The lowest BCUT2D eigenvalue weighted by Gasteiger charge is -2.15. The fourth-order valence-electron chi connectivity index (χ4n) is 1.89. The molecule has 0 amide bonds. The number of hydrogen-bond acceptors (Lipinski definition) is 3. The predicted molar refractivity (Wildman–Crippen MR) is 96.2 cm³/mol. The van der Waals surface area contributed by atoms with Crippen LogP contribution in [0.15, 0.2) is 40.9 Å². The van der Waals surface area contributed by atoms with Gasteiger partial charge in [-0.1, -0.05) is 45.7 Å². The van der Waals surface area contributed by atoms with Gasteiger partial charge in [0.2, 0.25) is 0 Å². The maximum atomic E-state index is 6.13. The Morgan fingerprint density at radius 1 is 1.09 bits per heavy atom. The molecule has 0 aliphatic rings. The first-order valence-electron chi connectivity index (χ1n) is 6.67. The van der Waals surface area contributed by atoms with E-state index >= 15 is 0 Å². The Balaban J connectivity index is 0.00000242. The zero-order chi connectivity index (χ0) is 15.2. The minimum atomic E-state index is 0. The Hall–Kier alpha value is -0.940. The van der Waals surface area contributed by atoms with Crippen molar-refractivity contribution in [1.82, 2.24) is 0 Å². The van der Waals surface area contributed by atoms with Gasteiger partial charge in [0.25, 0.3) is 0 Å². The van der Waals surface area contributed by atoms with Gasteiger partial charge in [-0.25, -0.2) is 0 Å². The van der Waals surface area contributed by atoms with Crippen molar-refractivity contribution in [3.8, 4) is 11.5 Å². The van der Waals surface area contributed by atoms with Gasteiger partial charge in [0.05, 0.1) is 6.61 Å². The van der Waals surface area contributed by atoms with Crippen LogP contribution in [0.3, 0.4) is 0 Å². The molecular formula is C16H18BrCl2NO2. The molecule has 0 aromatic heterocycles. The smallest absolute Gasteiger partial charge is 0.162 e. The monoisotopic (exact) mass is 405 g/mol. The molecule has 0 saturated heterocycles. The van der Waals surface area contributed by atoms with Crippen molar-refractivity contribution < 1.29 is 9.47 Å². The molecule has 120 valence electrons. The molecule has 2 N–H and O–H groups in total. The maximum absolute atomic E-state index is 6.13. The average molecular weight is 407 g/mol. The molecule has 6 heteroatoms. The van der Waals surface area contributed by atoms with Crippen molar-refractivity contribution in [2.45, 2.75) is 20.1 Å². The van der Waals surface area contributed by atoms with E-state index in [0.717, 1.165) is 15.6 Å². The molecule has 2 aromatic rings. The van der Waals surface area contributed by atoms with Crippen LogP contribution in [-0.4, -0.2) is 6.61 Å². The van der Waals surface area contributed by atoms with Crippen LogP contribution in [0.5, 0.6) is 11.5 Å². The number of hydrogen-bond donors (Lipinski definition) is 1. The summed E-state index contributed by atoms with van der Waals surface area (Å²) in [4.78, 5) is 0. The normalized spacial score (nSPS) is 10.0. The minimum Gasteiger partial charge on any atom is -0.490 e. The Kier molecular flexibility index (Phi) is 8.04. The predicted octanol–water partition coefficient (Wildman–Crippen LogP) is 4.96. The van der Waals surface area contributed by atoms with Gasteiger partial charge in [0.1, 0.15) is 6.61 Å². The molecule has 0 fully saturated rings. The number of ether oxygens (including phenoxy) is 2. The second-order valence-electron chi connectivity index (χ2n) is 4.41. The number of nitrogens with two attached hydrogens (primary N) is 1. The van der Waals surface area contributed by atoms with E-state index in [0.29, 0.717) is 36.3 Å². The summed E-state index contributed by atoms with van der Waals surface area (Å²) >= 11 is 9.62. The van der Waals surface area contributed by atoms with Crippen LogP contribution in [0.2, 0.25) is 5.02 Å². The second kappa shape index (κ2) is 9.26. The van der Waals surface area contributed by atoms with E-state index in [-0.39, 0.29) is 12.4 Å². The van der Waals surface area contributed by atoms with Gasteiger partial charge in [-0.05, 0) is 30.7 Å². The molecule has 0 atom stereocenters. The van der Waals surface area contributed by atoms with Crippen molar-refractivity contribution in [3.05, 3.63) is 57.0 Å². The molecule has 0 radical (unpaired) electrons. The van der Waals surface area contributed by atoms with Crippen LogP contribution >= 0.6 is 39.9 Å². The first-order valence-corrected chi connectivity index (χ1v) is 7.84. The van der Waals surface area contributed by atoms with E-state index in [2.05, 4.69) is 15.9 Å². The lowest BCUT2D eigenvalue weighted by Crippen LogP contribution is -2.03. The fourth-order valence-corrected chi connectivity index (χ4v) is 2.56. The van der Waals surface area contributed by atoms with Crippen LogP contribution in [0.4, 0.5) is 0 Å². The summed E-state index contributed by atoms with van der Waals surface area (Å²) in [6, 6.07) is 11.4. The van der Waals surface area contributed by atoms with Gasteiger partial charge < -0.3 is 15.2 Å². The first-order chi connectivity index (χ1) is 10.2. The highest BCUT2D eigenvalue weighted by atomic mass is 79.9. The standard InChI is InChI=1S/C16H17BrClNO2.ClH/c1-2-20-15-7-12(9-19)13(17)8-16(15)21-10-11-5-3-4-6-14(11)18;/h3-8H,2,9-10,19H2,1H3;1H. The quantitative estimate of drug-likeness (QED) is 0.737. The molecule has 3 nitrogen and oxygen atoms in total. The van der Waals surface area contributed by atoms with Crippen molar-refractivity contribution in [2.75, 3.05) is 6.61 Å². The third-order valence-electron chi connectivity index (χ3n) is 2.97. The Bertz CT molecular complexity index is 623. The van der Waals surface area contributed by atoms with Crippen molar-refractivity contribution in [3.63, 3.8) is 0 Å². The van der Waals surface area contributed by atoms with Crippen LogP contribution in [0.25, 0.3) is 0 Å². The van der Waals surface area contributed by atoms with E-state index in [1.165, 1.54) is 0 Å². The van der Waals surface area contributed by atoms with Crippen LogP contribution in [0.1, 0.15) is 18.1 Å². The molecule has 0 spiro atoms. The summed E-state index contributed by atoms with van der Waals surface area (Å²) in [5, 5.41) is 0.688. The number of benzene rings is 2. The number of rotatable bonds is 6. The van der Waals surface area contributed by atoms with Gasteiger partial charge in [-0.15, -0.1) is 12.4 Å². The largest absolute Gasteiger partial charge is 0.490 e. The molecule has 0 aliphatic carbocycles. The Labute approximate surface area is 150 Å². The minimum absolute atomic E-state index is 0. The Morgan fingerprint density at radius 2 is 1.77 bits per heavy atom. The van der Waals surface area contributed by atoms with Crippen molar-refractivity contribution >= 4 is 39.9 Å². The van der Waals surface area contributed by atoms with Crippen LogP contribution < -0.4 is 15.2 Å². The lowest BCUT2D eigenvalue weighted by molar-refractivity contribution is 0.269. The molecular weight excluding hydrogens is 389 g/mol. The first kappa shape index (κ1) is 19.1. The van der Waals surface area contributed by atoms with Gasteiger partial charge in [0.15, 0.2) is 11.5 Å². The van der Waals surface area contributed by atoms with Gasteiger partial charge >= 0.3 is 0 Å². The van der Waals surface area contributed by atoms with E-state index < -0.39 is 0 Å².